The van der Waals surface area contributed by atoms with Crippen LogP contribution in [0.3, 0.4) is 0 Å². The number of carbonyl (C=O) groups is 1. The summed E-state index contributed by atoms with van der Waals surface area (Å²) >= 11 is 0. The Morgan fingerprint density at radius 2 is 2.00 bits per heavy atom. The lowest BCUT2D eigenvalue weighted by Crippen LogP contribution is -2.56. The molecule has 0 radical (unpaired) electrons. The van der Waals surface area contributed by atoms with E-state index in [2.05, 4.69) is 5.32 Å². The molecule has 0 bridgehead atoms. The minimum atomic E-state index is -4.33. The Morgan fingerprint density at radius 1 is 1.43 bits per heavy atom. The van der Waals surface area contributed by atoms with Gasteiger partial charge in [0, 0.05) is 12.3 Å². The van der Waals surface area contributed by atoms with Crippen molar-refractivity contribution < 1.29 is 18.0 Å². The van der Waals surface area contributed by atoms with Gasteiger partial charge in [0.1, 0.15) is 5.54 Å². The summed E-state index contributed by atoms with van der Waals surface area (Å²) in [6.45, 7) is 2.01. The van der Waals surface area contributed by atoms with E-state index in [0.717, 1.165) is 31.0 Å². The first-order chi connectivity index (χ1) is 6.25. The molecule has 0 atom stereocenters. The number of rotatable bonds is 1. The summed E-state index contributed by atoms with van der Waals surface area (Å²) in [6, 6.07) is 0. The van der Waals surface area contributed by atoms with Gasteiger partial charge < -0.3 is 10.2 Å². The average molecular weight is 208 g/mol. The second-order valence-corrected chi connectivity index (χ2v) is 3.54. The summed E-state index contributed by atoms with van der Waals surface area (Å²) in [7, 11) is 0. The zero-order chi connectivity index (χ0) is 11.0. The van der Waals surface area contributed by atoms with Crippen molar-refractivity contribution in [2.24, 2.45) is 0 Å². The Hall–Kier alpha value is -1.20. The molecule has 0 spiro atoms. The maximum Gasteiger partial charge on any atom is 0.411 e. The molecule has 0 saturated carbocycles. The van der Waals surface area contributed by atoms with Crippen LogP contribution in [0.2, 0.25) is 0 Å². The molecule has 1 rings (SSSR count). The van der Waals surface area contributed by atoms with Crippen molar-refractivity contribution in [3.8, 4) is 0 Å². The molecule has 0 fully saturated rings. The van der Waals surface area contributed by atoms with Gasteiger partial charge in [-0.1, -0.05) is 0 Å². The smallest absolute Gasteiger partial charge is 0.346 e. The molecule has 6 heteroatoms. The summed E-state index contributed by atoms with van der Waals surface area (Å²) in [6.07, 6.45) is -2.09. The normalized spacial score (nSPS) is 18.4. The van der Waals surface area contributed by atoms with E-state index in [-0.39, 0.29) is 12.6 Å². The second-order valence-electron chi connectivity index (χ2n) is 3.54. The van der Waals surface area contributed by atoms with Crippen LogP contribution in [0.4, 0.5) is 13.2 Å². The summed E-state index contributed by atoms with van der Waals surface area (Å²) in [4.78, 5) is 11.7. The van der Waals surface area contributed by atoms with Gasteiger partial charge in [-0.05, 0) is 13.8 Å². The molecule has 1 amide bonds. The topological polar surface area (TPSA) is 32.3 Å². The summed E-state index contributed by atoms with van der Waals surface area (Å²) in [5, 5.41) is 2.31. The molecule has 0 aromatic carbocycles. The Bertz CT molecular complexity index is 270. The van der Waals surface area contributed by atoms with Crippen molar-refractivity contribution in [2.45, 2.75) is 25.6 Å². The lowest BCUT2D eigenvalue weighted by atomic mass is 10.0. The maximum absolute atomic E-state index is 12.5. The van der Waals surface area contributed by atoms with E-state index in [0.29, 0.717) is 0 Å². The third-order valence-corrected chi connectivity index (χ3v) is 2.24. The highest BCUT2D eigenvalue weighted by molar-refractivity contribution is 5.87. The van der Waals surface area contributed by atoms with Crippen molar-refractivity contribution in [1.29, 1.82) is 0 Å². The van der Waals surface area contributed by atoms with Gasteiger partial charge in [-0.15, -0.1) is 0 Å². The van der Waals surface area contributed by atoms with E-state index in [1.807, 2.05) is 0 Å². The zero-order valence-corrected chi connectivity index (χ0v) is 7.85. The molecule has 80 valence electrons. The molecule has 0 unspecified atom stereocenters. The predicted molar refractivity (Wildman–Crippen MR) is 44.1 cm³/mol. The summed E-state index contributed by atoms with van der Waals surface area (Å²) in [5.74, 6) is -0.376. The van der Waals surface area contributed by atoms with E-state index in [4.69, 9.17) is 0 Å². The Balaban J connectivity index is 2.84. The Morgan fingerprint density at radius 3 is 2.36 bits per heavy atom. The number of amides is 1. The number of alkyl halides is 3. The lowest BCUT2D eigenvalue weighted by Gasteiger charge is -2.40. The van der Waals surface area contributed by atoms with Crippen LogP contribution in [0, 0.1) is 0 Å². The van der Waals surface area contributed by atoms with Crippen molar-refractivity contribution >= 4 is 5.91 Å². The van der Waals surface area contributed by atoms with E-state index in [1.165, 1.54) is 0 Å². The van der Waals surface area contributed by atoms with Crippen LogP contribution in [-0.4, -0.2) is 29.2 Å². The van der Waals surface area contributed by atoms with Crippen LogP contribution in [-0.2, 0) is 4.79 Å². The van der Waals surface area contributed by atoms with E-state index in [9.17, 15) is 18.0 Å². The third-order valence-electron chi connectivity index (χ3n) is 2.24. The molecule has 1 heterocycles. The predicted octanol–water partition coefficient (Wildman–Crippen LogP) is 1.23. The van der Waals surface area contributed by atoms with Crippen molar-refractivity contribution in [2.75, 3.05) is 6.67 Å². The van der Waals surface area contributed by atoms with E-state index >= 15 is 0 Å². The van der Waals surface area contributed by atoms with Crippen LogP contribution >= 0.6 is 0 Å². The van der Waals surface area contributed by atoms with Gasteiger partial charge in [-0.25, -0.2) is 0 Å². The molecule has 0 saturated heterocycles. The van der Waals surface area contributed by atoms with Gasteiger partial charge in [0.2, 0.25) is 5.91 Å². The van der Waals surface area contributed by atoms with E-state index in [1.54, 1.807) is 0 Å². The number of hydrogen-bond acceptors (Lipinski definition) is 2. The summed E-state index contributed by atoms with van der Waals surface area (Å²) in [5.41, 5.74) is -1.98. The standard InChI is InChI=1S/C8H11F3N2O/c1-7(2,8(9,10)11)13-4-3-6(14)12-5-13/h3-4H,5H2,1-2H3,(H,12,14). The van der Waals surface area contributed by atoms with Crippen LogP contribution < -0.4 is 5.32 Å². The molecule has 1 aliphatic rings. The molecule has 1 aliphatic heterocycles. The van der Waals surface area contributed by atoms with Crippen LogP contribution in [0.1, 0.15) is 13.8 Å². The van der Waals surface area contributed by atoms with Gasteiger partial charge in [-0.2, -0.15) is 13.2 Å². The SMILES string of the molecule is CC(C)(N1C=CC(=O)NC1)C(F)(F)F. The first kappa shape index (κ1) is 10.9. The number of hydrogen-bond donors (Lipinski definition) is 1. The fourth-order valence-electron chi connectivity index (χ4n) is 0.979. The fourth-order valence-corrected chi connectivity index (χ4v) is 0.979. The molecular weight excluding hydrogens is 197 g/mol. The molecule has 14 heavy (non-hydrogen) atoms. The Kier molecular flexibility index (Phi) is 2.47. The van der Waals surface area contributed by atoms with Crippen LogP contribution in [0.15, 0.2) is 12.3 Å². The second kappa shape index (κ2) is 3.18. The van der Waals surface area contributed by atoms with Crippen molar-refractivity contribution in [3.63, 3.8) is 0 Å². The molecule has 0 aromatic heterocycles. The molecule has 0 aromatic rings. The lowest BCUT2D eigenvalue weighted by molar-refractivity contribution is -0.213. The largest absolute Gasteiger partial charge is 0.411 e. The maximum atomic E-state index is 12.5. The van der Waals surface area contributed by atoms with Gasteiger partial charge in [0.15, 0.2) is 0 Å². The van der Waals surface area contributed by atoms with Crippen molar-refractivity contribution in [3.05, 3.63) is 12.3 Å². The van der Waals surface area contributed by atoms with Gasteiger partial charge >= 0.3 is 6.18 Å². The van der Waals surface area contributed by atoms with Gasteiger partial charge in [-0.3, -0.25) is 4.79 Å². The average Bonchev–Trinajstić information content (AvgIpc) is 2.03. The highest BCUT2D eigenvalue weighted by Crippen LogP contribution is 2.35. The fraction of sp³-hybridized carbons (Fsp3) is 0.625. The van der Waals surface area contributed by atoms with Gasteiger partial charge in [0.25, 0.3) is 0 Å². The first-order valence-corrected chi connectivity index (χ1v) is 4.04. The Labute approximate surface area is 79.6 Å². The zero-order valence-electron chi connectivity index (χ0n) is 7.85. The molecule has 0 aliphatic carbocycles. The highest BCUT2D eigenvalue weighted by Gasteiger charge is 2.50. The monoisotopic (exact) mass is 208 g/mol. The minimum absolute atomic E-state index is 0.123. The van der Waals surface area contributed by atoms with Crippen molar-refractivity contribution in [1.82, 2.24) is 10.2 Å². The number of halogens is 3. The van der Waals surface area contributed by atoms with Crippen LogP contribution in [0.5, 0.6) is 0 Å². The van der Waals surface area contributed by atoms with Crippen LogP contribution in [0.25, 0.3) is 0 Å². The minimum Gasteiger partial charge on any atom is -0.346 e. The highest BCUT2D eigenvalue weighted by atomic mass is 19.4. The first-order valence-electron chi connectivity index (χ1n) is 4.04. The third kappa shape index (κ3) is 1.83. The molecule has 3 nitrogen and oxygen atoms in total. The molecule has 1 N–H and O–H groups in total. The molecular formula is C8H11F3N2O. The summed E-state index contributed by atoms with van der Waals surface area (Å²) < 4.78 is 37.6. The van der Waals surface area contributed by atoms with Gasteiger partial charge in [0.05, 0.1) is 6.67 Å². The number of carbonyl (C=O) groups excluding carboxylic acids is 1. The number of nitrogens with one attached hydrogen (secondary N) is 1. The quantitative estimate of drug-likeness (QED) is 0.703. The van der Waals surface area contributed by atoms with E-state index < -0.39 is 11.7 Å². The number of nitrogens with zero attached hydrogens (tertiary/aromatic N) is 1.